The monoisotopic (exact) mass is 305 g/mol. The van der Waals surface area contributed by atoms with Crippen LogP contribution >= 0.6 is 11.6 Å². The Kier molecular flexibility index (Phi) is 4.29. The third-order valence-electron chi connectivity index (χ3n) is 4.38. The summed E-state index contributed by atoms with van der Waals surface area (Å²) in [5.74, 6) is 1.04. The summed E-state index contributed by atoms with van der Waals surface area (Å²) < 4.78 is 0. The highest BCUT2D eigenvalue weighted by Crippen LogP contribution is 2.36. The van der Waals surface area contributed by atoms with Crippen LogP contribution < -0.4 is 4.90 Å². The molecule has 0 bridgehead atoms. The molecule has 2 heterocycles. The molecule has 0 atom stereocenters. The normalized spacial score (nSPS) is 16.8. The van der Waals surface area contributed by atoms with Gasteiger partial charge in [-0.2, -0.15) is 0 Å². The number of carbonyl (C=O) groups is 2. The van der Waals surface area contributed by atoms with Gasteiger partial charge in [-0.1, -0.05) is 0 Å². The summed E-state index contributed by atoms with van der Waals surface area (Å²) >= 11 is 5.66. The Balaban J connectivity index is 1.89. The van der Waals surface area contributed by atoms with Gasteiger partial charge in [0.2, 0.25) is 5.91 Å². The van der Waals surface area contributed by atoms with Crippen LogP contribution in [0, 0.1) is 0 Å². The van der Waals surface area contributed by atoms with Crippen molar-refractivity contribution in [2.75, 3.05) is 17.3 Å². The summed E-state index contributed by atoms with van der Waals surface area (Å²) in [7, 11) is 0. The molecule has 0 radical (unpaired) electrons. The second-order valence-corrected chi connectivity index (χ2v) is 6.24. The Bertz CT molecular complexity index is 565. The molecule has 0 N–H and O–H groups in total. The molecule has 0 saturated heterocycles. The summed E-state index contributed by atoms with van der Waals surface area (Å²) in [5, 5.41) is 0. The van der Waals surface area contributed by atoms with Crippen LogP contribution in [-0.2, 0) is 17.6 Å². The predicted molar refractivity (Wildman–Crippen MR) is 84.3 cm³/mol. The zero-order valence-electron chi connectivity index (χ0n) is 12.2. The number of halogens is 1. The van der Waals surface area contributed by atoms with Crippen LogP contribution in [0.4, 0.5) is 5.69 Å². The average Bonchev–Trinajstić information content (AvgIpc) is 2.50. The van der Waals surface area contributed by atoms with Gasteiger partial charge in [0.15, 0.2) is 5.78 Å². The van der Waals surface area contributed by atoms with E-state index in [1.807, 2.05) is 17.0 Å². The van der Waals surface area contributed by atoms with Crippen molar-refractivity contribution in [1.82, 2.24) is 0 Å². The maximum absolute atomic E-state index is 12.3. The fourth-order valence-electron chi connectivity index (χ4n) is 3.34. The van der Waals surface area contributed by atoms with Gasteiger partial charge in [0.25, 0.3) is 0 Å². The molecule has 0 saturated carbocycles. The second-order valence-electron chi connectivity index (χ2n) is 5.86. The summed E-state index contributed by atoms with van der Waals surface area (Å²) in [6, 6.07) is 4.01. The molecule has 1 amide bonds. The van der Waals surface area contributed by atoms with Crippen molar-refractivity contribution in [2.45, 2.75) is 44.9 Å². The predicted octanol–water partition coefficient (Wildman–Crippen LogP) is 3.50. The molecule has 1 aromatic carbocycles. The molecule has 0 spiro atoms. The largest absolute Gasteiger partial charge is 0.312 e. The number of aryl methyl sites for hydroxylation is 2. The van der Waals surface area contributed by atoms with Crippen molar-refractivity contribution < 1.29 is 9.59 Å². The van der Waals surface area contributed by atoms with Crippen LogP contribution in [-0.4, -0.2) is 24.1 Å². The van der Waals surface area contributed by atoms with E-state index in [9.17, 15) is 9.59 Å². The van der Waals surface area contributed by atoms with E-state index in [2.05, 4.69) is 0 Å². The number of ketones is 1. The molecule has 0 unspecified atom stereocenters. The van der Waals surface area contributed by atoms with Gasteiger partial charge >= 0.3 is 0 Å². The molecule has 112 valence electrons. The quantitative estimate of drug-likeness (QED) is 0.474. The fourth-order valence-corrected chi connectivity index (χ4v) is 3.53. The molecule has 1 aromatic rings. The third-order valence-corrected chi connectivity index (χ3v) is 4.65. The van der Waals surface area contributed by atoms with Gasteiger partial charge in [-0.25, -0.2) is 0 Å². The van der Waals surface area contributed by atoms with Crippen LogP contribution in [0.3, 0.4) is 0 Å². The van der Waals surface area contributed by atoms with Crippen LogP contribution in [0.2, 0.25) is 0 Å². The topological polar surface area (TPSA) is 37.4 Å². The standard InChI is InChI=1S/C17H20ClNO2/c18-8-2-1-5-15(20)14-10-12-4-3-9-19-16(21)7-6-13(11-14)17(12)19/h10-11H,1-9H2. The van der Waals surface area contributed by atoms with Gasteiger partial charge in [0.1, 0.15) is 0 Å². The van der Waals surface area contributed by atoms with E-state index in [1.165, 1.54) is 11.1 Å². The lowest BCUT2D eigenvalue weighted by Crippen LogP contribution is -2.39. The van der Waals surface area contributed by atoms with Gasteiger partial charge in [0.05, 0.1) is 5.69 Å². The molecule has 2 aliphatic heterocycles. The van der Waals surface area contributed by atoms with Crippen LogP contribution in [0.25, 0.3) is 0 Å². The number of hydrogen-bond donors (Lipinski definition) is 0. The molecule has 3 nitrogen and oxygen atoms in total. The molecule has 0 aromatic heterocycles. The first-order valence-electron chi connectivity index (χ1n) is 7.76. The van der Waals surface area contributed by atoms with Gasteiger partial charge in [-0.15, -0.1) is 11.6 Å². The Morgan fingerprint density at radius 2 is 1.90 bits per heavy atom. The minimum Gasteiger partial charge on any atom is -0.312 e. The van der Waals surface area contributed by atoms with E-state index in [-0.39, 0.29) is 11.7 Å². The van der Waals surface area contributed by atoms with E-state index in [4.69, 9.17) is 11.6 Å². The van der Waals surface area contributed by atoms with Crippen molar-refractivity contribution in [3.8, 4) is 0 Å². The van der Waals surface area contributed by atoms with E-state index < -0.39 is 0 Å². The number of benzene rings is 1. The summed E-state index contributed by atoms with van der Waals surface area (Å²) in [6.45, 7) is 0.821. The lowest BCUT2D eigenvalue weighted by molar-refractivity contribution is -0.119. The zero-order valence-corrected chi connectivity index (χ0v) is 12.9. The van der Waals surface area contributed by atoms with Crippen molar-refractivity contribution in [1.29, 1.82) is 0 Å². The lowest BCUT2D eigenvalue weighted by atomic mass is 9.88. The maximum Gasteiger partial charge on any atom is 0.227 e. The highest BCUT2D eigenvalue weighted by atomic mass is 35.5. The van der Waals surface area contributed by atoms with Crippen molar-refractivity contribution >= 4 is 29.0 Å². The Labute approximate surface area is 130 Å². The molecule has 0 fully saturated rings. The molecular formula is C17H20ClNO2. The highest BCUT2D eigenvalue weighted by Gasteiger charge is 2.30. The highest BCUT2D eigenvalue weighted by molar-refractivity contribution is 6.17. The van der Waals surface area contributed by atoms with Crippen molar-refractivity contribution in [3.63, 3.8) is 0 Å². The Morgan fingerprint density at radius 1 is 1.14 bits per heavy atom. The first-order chi connectivity index (χ1) is 10.2. The van der Waals surface area contributed by atoms with Gasteiger partial charge in [0, 0.05) is 30.8 Å². The molecule has 21 heavy (non-hydrogen) atoms. The van der Waals surface area contributed by atoms with Gasteiger partial charge in [-0.05, 0) is 55.4 Å². The van der Waals surface area contributed by atoms with E-state index in [1.54, 1.807) is 0 Å². The van der Waals surface area contributed by atoms with E-state index >= 15 is 0 Å². The maximum atomic E-state index is 12.3. The molecule has 3 rings (SSSR count). The summed E-state index contributed by atoms with van der Waals surface area (Å²) in [4.78, 5) is 26.2. The first-order valence-corrected chi connectivity index (χ1v) is 8.29. The number of anilines is 1. The number of amides is 1. The van der Waals surface area contributed by atoms with Crippen LogP contribution in [0.5, 0.6) is 0 Å². The molecule has 4 heteroatoms. The smallest absolute Gasteiger partial charge is 0.227 e. The summed E-state index contributed by atoms with van der Waals surface area (Å²) in [6.07, 6.45) is 5.58. The Morgan fingerprint density at radius 3 is 2.67 bits per heavy atom. The third kappa shape index (κ3) is 2.84. The number of rotatable bonds is 5. The number of Topliss-reactive ketones (excluding diaryl/α,β-unsaturated/α-hetero) is 1. The first kappa shape index (κ1) is 14.6. The lowest BCUT2D eigenvalue weighted by Gasteiger charge is -2.35. The van der Waals surface area contributed by atoms with Gasteiger partial charge in [-0.3, -0.25) is 9.59 Å². The zero-order chi connectivity index (χ0) is 14.8. The second kappa shape index (κ2) is 6.18. The SMILES string of the molecule is O=C(CCCCCl)c1cc2c3c(c1)CCC(=O)N3CCC2. The number of carbonyl (C=O) groups excluding carboxylic acids is 2. The van der Waals surface area contributed by atoms with Crippen LogP contribution in [0.15, 0.2) is 12.1 Å². The molecule has 0 aliphatic carbocycles. The summed E-state index contributed by atoms with van der Waals surface area (Å²) in [5.41, 5.74) is 4.25. The minimum absolute atomic E-state index is 0.202. The van der Waals surface area contributed by atoms with Crippen LogP contribution in [0.1, 0.15) is 53.6 Å². The number of hydrogen-bond acceptors (Lipinski definition) is 2. The number of alkyl halides is 1. The van der Waals surface area contributed by atoms with Gasteiger partial charge < -0.3 is 4.90 Å². The fraction of sp³-hybridized carbons (Fsp3) is 0.529. The van der Waals surface area contributed by atoms with E-state index in [0.29, 0.717) is 18.7 Å². The number of nitrogens with zero attached hydrogens (tertiary/aromatic N) is 1. The molecular weight excluding hydrogens is 286 g/mol. The average molecular weight is 306 g/mol. The number of unbranched alkanes of at least 4 members (excludes halogenated alkanes) is 1. The molecule has 2 aliphatic rings. The minimum atomic E-state index is 0.202. The van der Waals surface area contributed by atoms with Crippen molar-refractivity contribution in [2.24, 2.45) is 0 Å². The van der Waals surface area contributed by atoms with Crippen molar-refractivity contribution in [3.05, 3.63) is 28.8 Å². The van der Waals surface area contributed by atoms with E-state index in [0.717, 1.165) is 49.9 Å². The Hall–Kier alpha value is -1.35.